The Morgan fingerprint density at radius 3 is 2.52 bits per heavy atom. The van der Waals surface area contributed by atoms with Crippen molar-refractivity contribution in [2.75, 3.05) is 53.5 Å². The van der Waals surface area contributed by atoms with Crippen LogP contribution in [0.2, 0.25) is 0 Å². The molecule has 174 valence electrons. The Morgan fingerprint density at radius 1 is 1.16 bits per heavy atom. The van der Waals surface area contributed by atoms with Gasteiger partial charge < -0.3 is 24.4 Å². The second kappa shape index (κ2) is 11.7. The SMILES string of the molecule is COc1cc(CN2CCN(C(C)=O)CC2)ccc1OCC(O)CN(C)C1CCCCC1. The maximum atomic E-state index is 11.5. The monoisotopic (exact) mass is 433 g/mol. The van der Waals surface area contributed by atoms with Crippen LogP contribution in [-0.2, 0) is 11.3 Å². The molecule has 1 unspecified atom stereocenters. The molecule has 1 aromatic rings. The van der Waals surface area contributed by atoms with E-state index in [1.165, 1.54) is 32.1 Å². The van der Waals surface area contributed by atoms with Gasteiger partial charge in [-0.05, 0) is 37.6 Å². The van der Waals surface area contributed by atoms with Crippen LogP contribution in [-0.4, -0.2) is 91.3 Å². The maximum absolute atomic E-state index is 11.5. The number of hydrogen-bond donors (Lipinski definition) is 1. The zero-order chi connectivity index (χ0) is 22.2. The standard InChI is InChI=1S/C24H39N3O4/c1-19(28)27-13-11-26(12-14-27)16-20-9-10-23(24(15-20)30-3)31-18-22(29)17-25(2)21-7-5-4-6-8-21/h9-10,15,21-22,29H,4-8,11-14,16-18H2,1-3H3. The first-order valence-corrected chi connectivity index (χ1v) is 11.6. The van der Waals surface area contributed by atoms with E-state index in [1.807, 2.05) is 17.0 Å². The number of benzene rings is 1. The van der Waals surface area contributed by atoms with E-state index in [0.717, 1.165) is 38.3 Å². The number of likely N-dealkylation sites (N-methyl/N-ethyl adjacent to an activating group) is 1. The molecule has 7 nitrogen and oxygen atoms in total. The molecule has 1 N–H and O–H groups in total. The summed E-state index contributed by atoms with van der Waals surface area (Å²) in [5.41, 5.74) is 1.15. The zero-order valence-corrected chi connectivity index (χ0v) is 19.4. The molecule has 1 aliphatic carbocycles. The number of rotatable bonds is 9. The van der Waals surface area contributed by atoms with Crippen LogP contribution in [0.25, 0.3) is 0 Å². The minimum atomic E-state index is -0.533. The average molecular weight is 434 g/mol. The molecular weight excluding hydrogens is 394 g/mol. The summed E-state index contributed by atoms with van der Waals surface area (Å²) in [6.07, 6.45) is 5.83. The highest BCUT2D eigenvalue weighted by Crippen LogP contribution is 2.29. The molecule has 1 heterocycles. The summed E-state index contributed by atoms with van der Waals surface area (Å²) < 4.78 is 11.4. The largest absolute Gasteiger partial charge is 0.493 e. The second-order valence-corrected chi connectivity index (χ2v) is 8.96. The summed E-state index contributed by atoms with van der Waals surface area (Å²) in [5.74, 6) is 1.50. The number of hydrogen-bond acceptors (Lipinski definition) is 6. The van der Waals surface area contributed by atoms with Gasteiger partial charge in [0.15, 0.2) is 11.5 Å². The number of ether oxygens (including phenoxy) is 2. The third-order valence-electron chi connectivity index (χ3n) is 6.58. The molecule has 0 radical (unpaired) electrons. The highest BCUT2D eigenvalue weighted by Gasteiger charge is 2.21. The Labute approximate surface area is 186 Å². The van der Waals surface area contributed by atoms with Crippen molar-refractivity contribution in [2.24, 2.45) is 0 Å². The third kappa shape index (κ3) is 7.09. The molecule has 3 rings (SSSR count). The Kier molecular flexibility index (Phi) is 8.99. The Hall–Kier alpha value is -1.83. The van der Waals surface area contributed by atoms with Crippen LogP contribution in [0.4, 0.5) is 0 Å². The number of nitrogens with zero attached hydrogens (tertiary/aromatic N) is 3. The van der Waals surface area contributed by atoms with Crippen molar-refractivity contribution in [2.45, 2.75) is 57.7 Å². The van der Waals surface area contributed by atoms with Gasteiger partial charge in [-0.1, -0.05) is 25.3 Å². The molecule has 7 heteroatoms. The third-order valence-corrected chi connectivity index (χ3v) is 6.58. The van der Waals surface area contributed by atoms with Crippen LogP contribution in [0.15, 0.2) is 18.2 Å². The number of aliphatic hydroxyl groups is 1. The number of piperazine rings is 1. The van der Waals surface area contributed by atoms with Crippen LogP contribution in [0.3, 0.4) is 0 Å². The fourth-order valence-electron chi connectivity index (χ4n) is 4.65. The van der Waals surface area contributed by atoms with E-state index in [-0.39, 0.29) is 12.5 Å². The van der Waals surface area contributed by atoms with Crippen molar-refractivity contribution in [3.8, 4) is 11.5 Å². The van der Waals surface area contributed by atoms with Gasteiger partial charge in [0.2, 0.25) is 5.91 Å². The molecule has 0 spiro atoms. The van der Waals surface area contributed by atoms with E-state index in [9.17, 15) is 9.90 Å². The predicted molar refractivity (Wildman–Crippen MR) is 122 cm³/mol. The molecule has 31 heavy (non-hydrogen) atoms. The first-order valence-electron chi connectivity index (χ1n) is 11.6. The topological polar surface area (TPSA) is 65.5 Å². The quantitative estimate of drug-likeness (QED) is 0.645. The first-order chi connectivity index (χ1) is 15.0. The number of methoxy groups -OCH3 is 1. The highest BCUT2D eigenvalue weighted by atomic mass is 16.5. The predicted octanol–water partition coefficient (Wildman–Crippen LogP) is 2.36. The van der Waals surface area contributed by atoms with Gasteiger partial charge in [-0.3, -0.25) is 9.69 Å². The van der Waals surface area contributed by atoms with Gasteiger partial charge in [0, 0.05) is 52.2 Å². The van der Waals surface area contributed by atoms with Gasteiger partial charge in [-0.15, -0.1) is 0 Å². The van der Waals surface area contributed by atoms with E-state index in [0.29, 0.717) is 24.1 Å². The lowest BCUT2D eigenvalue weighted by Crippen LogP contribution is -2.47. The van der Waals surface area contributed by atoms with Crippen LogP contribution < -0.4 is 9.47 Å². The first kappa shape index (κ1) is 23.8. The maximum Gasteiger partial charge on any atom is 0.219 e. The fourth-order valence-corrected chi connectivity index (χ4v) is 4.65. The lowest BCUT2D eigenvalue weighted by Gasteiger charge is -2.34. The molecule has 2 aliphatic rings. The molecule has 0 bridgehead atoms. The normalized spacial score (nSPS) is 19.5. The van der Waals surface area contributed by atoms with Crippen LogP contribution >= 0.6 is 0 Å². The highest BCUT2D eigenvalue weighted by molar-refractivity contribution is 5.73. The summed E-state index contributed by atoms with van der Waals surface area (Å²) in [6, 6.07) is 6.56. The lowest BCUT2D eigenvalue weighted by atomic mass is 9.94. The summed E-state index contributed by atoms with van der Waals surface area (Å²) in [6.45, 7) is 6.63. The molecule has 1 atom stereocenters. The summed E-state index contributed by atoms with van der Waals surface area (Å²) in [4.78, 5) is 18.0. The van der Waals surface area contributed by atoms with Crippen molar-refractivity contribution in [1.82, 2.24) is 14.7 Å². The number of amides is 1. The summed E-state index contributed by atoms with van der Waals surface area (Å²) in [5, 5.41) is 10.5. The van der Waals surface area contributed by atoms with Crippen molar-refractivity contribution < 1.29 is 19.4 Å². The van der Waals surface area contributed by atoms with Crippen LogP contribution in [0, 0.1) is 0 Å². The van der Waals surface area contributed by atoms with E-state index in [2.05, 4.69) is 22.9 Å². The van der Waals surface area contributed by atoms with E-state index in [1.54, 1.807) is 14.0 Å². The lowest BCUT2D eigenvalue weighted by molar-refractivity contribution is -0.130. The Balaban J connectivity index is 1.47. The molecular formula is C24H39N3O4. The average Bonchev–Trinajstić information content (AvgIpc) is 2.79. The van der Waals surface area contributed by atoms with Gasteiger partial charge in [0.25, 0.3) is 0 Å². The number of aliphatic hydroxyl groups excluding tert-OH is 1. The van der Waals surface area contributed by atoms with Crippen molar-refractivity contribution >= 4 is 5.91 Å². The van der Waals surface area contributed by atoms with Crippen LogP contribution in [0.1, 0.15) is 44.6 Å². The van der Waals surface area contributed by atoms with Gasteiger partial charge in [-0.2, -0.15) is 0 Å². The molecule has 1 saturated carbocycles. The number of carbonyl (C=O) groups is 1. The number of carbonyl (C=O) groups excluding carboxylic acids is 1. The Morgan fingerprint density at radius 2 is 1.87 bits per heavy atom. The Bertz CT molecular complexity index is 700. The molecule has 1 amide bonds. The molecule has 2 fully saturated rings. The van der Waals surface area contributed by atoms with E-state index in [4.69, 9.17) is 9.47 Å². The molecule has 1 saturated heterocycles. The minimum Gasteiger partial charge on any atom is -0.493 e. The molecule has 1 aliphatic heterocycles. The van der Waals surface area contributed by atoms with Gasteiger partial charge in [0.05, 0.1) is 7.11 Å². The zero-order valence-electron chi connectivity index (χ0n) is 19.4. The van der Waals surface area contributed by atoms with E-state index < -0.39 is 6.10 Å². The summed E-state index contributed by atoms with van der Waals surface area (Å²) >= 11 is 0. The fraction of sp³-hybridized carbons (Fsp3) is 0.708. The minimum absolute atomic E-state index is 0.148. The molecule has 0 aromatic heterocycles. The van der Waals surface area contributed by atoms with Gasteiger partial charge in [0.1, 0.15) is 12.7 Å². The smallest absolute Gasteiger partial charge is 0.219 e. The van der Waals surface area contributed by atoms with Crippen molar-refractivity contribution in [3.05, 3.63) is 23.8 Å². The van der Waals surface area contributed by atoms with Crippen molar-refractivity contribution in [1.29, 1.82) is 0 Å². The van der Waals surface area contributed by atoms with Gasteiger partial charge in [-0.25, -0.2) is 0 Å². The van der Waals surface area contributed by atoms with Gasteiger partial charge >= 0.3 is 0 Å². The van der Waals surface area contributed by atoms with E-state index >= 15 is 0 Å². The molecule has 1 aromatic carbocycles. The summed E-state index contributed by atoms with van der Waals surface area (Å²) in [7, 11) is 3.75. The van der Waals surface area contributed by atoms with Crippen molar-refractivity contribution in [3.63, 3.8) is 0 Å². The van der Waals surface area contributed by atoms with Crippen LogP contribution in [0.5, 0.6) is 11.5 Å². The second-order valence-electron chi connectivity index (χ2n) is 8.96.